The molecule has 0 bridgehead atoms. The number of ketones is 1. The summed E-state index contributed by atoms with van der Waals surface area (Å²) in [4.78, 5) is 12.8. The van der Waals surface area contributed by atoms with Crippen LogP contribution in [0.2, 0.25) is 0 Å². The van der Waals surface area contributed by atoms with Gasteiger partial charge in [-0.3, -0.25) is 4.79 Å². The van der Waals surface area contributed by atoms with Crippen molar-refractivity contribution >= 4 is 5.78 Å². The Bertz CT molecular complexity index is 822. The zero-order valence-electron chi connectivity index (χ0n) is 14.5. The maximum atomic E-state index is 12.8. The van der Waals surface area contributed by atoms with E-state index in [1.165, 1.54) is 30.4 Å². The van der Waals surface area contributed by atoms with Gasteiger partial charge in [0.05, 0.1) is 0 Å². The molecule has 0 spiro atoms. The maximum Gasteiger partial charge on any atom is 0.150 e. The van der Waals surface area contributed by atoms with Crippen LogP contribution in [0.4, 0.5) is 0 Å². The molecule has 1 fully saturated rings. The molecule has 2 aliphatic rings. The summed E-state index contributed by atoms with van der Waals surface area (Å²) < 4.78 is 5.86. The quantitative estimate of drug-likeness (QED) is 0.616. The molecule has 0 radical (unpaired) electrons. The van der Waals surface area contributed by atoms with E-state index in [4.69, 9.17) is 4.74 Å². The van der Waals surface area contributed by atoms with Gasteiger partial charge in [-0.15, -0.1) is 6.58 Å². The molecule has 0 saturated carbocycles. The van der Waals surface area contributed by atoms with E-state index in [0.29, 0.717) is 12.0 Å². The third-order valence-corrected chi connectivity index (χ3v) is 4.77. The number of aromatic hydroxyl groups is 2. The second-order valence-corrected chi connectivity index (χ2v) is 7.02. The average Bonchev–Trinajstić information content (AvgIpc) is 2.51. The number of rotatable bonds is 4. The number of Topliss-reactive ketones (excluding diaryl/α,β-unsaturated/α-hetero) is 1. The van der Waals surface area contributed by atoms with Crippen molar-refractivity contribution in [1.29, 1.82) is 0 Å². The van der Waals surface area contributed by atoms with Gasteiger partial charge in [-0.05, 0) is 38.0 Å². The van der Waals surface area contributed by atoms with Crippen molar-refractivity contribution in [3.05, 3.63) is 59.6 Å². The molecule has 1 aliphatic carbocycles. The summed E-state index contributed by atoms with van der Waals surface area (Å²) in [5, 5.41) is 40.5. The van der Waals surface area contributed by atoms with Gasteiger partial charge in [-0.1, -0.05) is 5.57 Å². The van der Waals surface area contributed by atoms with Crippen LogP contribution < -0.4 is 0 Å². The molecule has 1 saturated heterocycles. The van der Waals surface area contributed by atoms with Gasteiger partial charge in [-0.25, -0.2) is 0 Å². The fraction of sp³-hybridized carbons (Fsp3) is 0.350. The van der Waals surface area contributed by atoms with E-state index in [-0.39, 0.29) is 41.6 Å². The normalized spacial score (nSPS) is 27.8. The number of hydrogen-bond acceptors (Lipinski definition) is 6. The summed E-state index contributed by atoms with van der Waals surface area (Å²) in [5.74, 6) is -1.44. The number of aliphatic hydroxyl groups is 2. The molecule has 1 aromatic carbocycles. The van der Waals surface area contributed by atoms with Gasteiger partial charge in [0.25, 0.3) is 0 Å². The summed E-state index contributed by atoms with van der Waals surface area (Å²) in [6.45, 7) is 5.64. The molecule has 138 valence electrons. The van der Waals surface area contributed by atoms with Crippen molar-refractivity contribution in [2.45, 2.75) is 37.9 Å². The molecule has 1 aromatic rings. The number of aliphatic hydroxyl groups excluding tert-OH is 1. The van der Waals surface area contributed by atoms with Gasteiger partial charge in [0.15, 0.2) is 5.78 Å². The number of carbonyl (C=O) groups excluding carboxylic acids is 1. The molecule has 3 unspecified atom stereocenters. The minimum atomic E-state index is -1.55. The SMILES string of the molecule is C=C(C)CCC1(O)C=C(O)C=C2OC(c3ccc(O)cc3O)CC(=O)C21. The fourth-order valence-electron chi connectivity index (χ4n) is 3.51. The standard InChI is InChI=1S/C20H22O6/c1-11(2)5-6-20(25)10-13(22)8-18-19(20)16(24)9-17(26-18)14-4-3-12(21)7-15(14)23/h3-4,7-8,10,17,19,21-23,25H,1,5-6,9H2,2H3. The van der Waals surface area contributed by atoms with Gasteiger partial charge >= 0.3 is 0 Å². The molecule has 3 rings (SSSR count). The van der Waals surface area contributed by atoms with E-state index in [9.17, 15) is 25.2 Å². The molecule has 1 aliphatic heterocycles. The monoisotopic (exact) mass is 358 g/mol. The predicted octanol–water partition coefficient (Wildman–Crippen LogP) is 3.17. The van der Waals surface area contributed by atoms with Crippen LogP contribution in [0.25, 0.3) is 0 Å². The first kappa shape index (κ1) is 18.1. The molecule has 4 N–H and O–H groups in total. The van der Waals surface area contributed by atoms with E-state index in [1.807, 2.05) is 6.92 Å². The van der Waals surface area contributed by atoms with E-state index < -0.39 is 17.6 Å². The van der Waals surface area contributed by atoms with Gasteiger partial charge in [0, 0.05) is 24.1 Å². The van der Waals surface area contributed by atoms with Crippen molar-refractivity contribution in [3.8, 4) is 11.5 Å². The van der Waals surface area contributed by atoms with E-state index in [1.54, 1.807) is 0 Å². The summed E-state index contributed by atoms with van der Waals surface area (Å²) in [6, 6.07) is 4.05. The minimum Gasteiger partial charge on any atom is -0.508 e. The van der Waals surface area contributed by atoms with E-state index in [2.05, 4.69) is 6.58 Å². The highest BCUT2D eigenvalue weighted by atomic mass is 16.5. The Morgan fingerprint density at radius 1 is 1.35 bits per heavy atom. The Morgan fingerprint density at radius 3 is 2.73 bits per heavy atom. The molecule has 1 heterocycles. The first-order chi connectivity index (χ1) is 12.2. The van der Waals surface area contributed by atoms with Crippen molar-refractivity contribution < 1.29 is 30.0 Å². The Morgan fingerprint density at radius 2 is 2.08 bits per heavy atom. The first-order valence-electron chi connectivity index (χ1n) is 8.41. The largest absolute Gasteiger partial charge is 0.508 e. The number of benzene rings is 1. The van der Waals surface area contributed by atoms with E-state index in [0.717, 1.165) is 5.57 Å². The molecule has 3 atom stereocenters. The van der Waals surface area contributed by atoms with Gasteiger partial charge in [0.1, 0.15) is 40.6 Å². The number of fused-ring (bicyclic) bond motifs is 1. The third-order valence-electron chi connectivity index (χ3n) is 4.77. The van der Waals surface area contributed by atoms with Gasteiger partial charge in [0.2, 0.25) is 0 Å². The highest BCUT2D eigenvalue weighted by molar-refractivity contribution is 5.87. The lowest BCUT2D eigenvalue weighted by atomic mass is 9.73. The summed E-state index contributed by atoms with van der Waals surface area (Å²) in [7, 11) is 0. The second kappa shape index (κ2) is 6.53. The van der Waals surface area contributed by atoms with Crippen LogP contribution >= 0.6 is 0 Å². The first-order valence-corrected chi connectivity index (χ1v) is 8.41. The Kier molecular flexibility index (Phi) is 4.54. The zero-order chi connectivity index (χ0) is 19.1. The highest BCUT2D eigenvalue weighted by Crippen LogP contribution is 2.46. The molecule has 0 aromatic heterocycles. The summed E-state index contributed by atoms with van der Waals surface area (Å²) >= 11 is 0. The van der Waals surface area contributed by atoms with Crippen LogP contribution in [-0.2, 0) is 9.53 Å². The second-order valence-electron chi connectivity index (χ2n) is 7.02. The lowest BCUT2D eigenvalue weighted by Crippen LogP contribution is -2.47. The Hall–Kier alpha value is -2.73. The summed E-state index contributed by atoms with van der Waals surface area (Å²) in [5.41, 5.74) is -0.333. The van der Waals surface area contributed by atoms with E-state index >= 15 is 0 Å². The van der Waals surface area contributed by atoms with Crippen LogP contribution in [0.1, 0.15) is 37.9 Å². The topological polar surface area (TPSA) is 107 Å². The molecule has 26 heavy (non-hydrogen) atoms. The van der Waals surface area contributed by atoms with Crippen molar-refractivity contribution in [2.24, 2.45) is 5.92 Å². The van der Waals surface area contributed by atoms with Crippen LogP contribution in [0.3, 0.4) is 0 Å². The number of allylic oxidation sites excluding steroid dienone is 2. The molecule has 6 nitrogen and oxygen atoms in total. The Labute approximate surface area is 151 Å². The number of phenols is 2. The van der Waals surface area contributed by atoms with Crippen LogP contribution in [0.5, 0.6) is 11.5 Å². The highest BCUT2D eigenvalue weighted by Gasteiger charge is 2.49. The van der Waals surface area contributed by atoms with Crippen molar-refractivity contribution in [2.75, 3.05) is 0 Å². The molecular weight excluding hydrogens is 336 g/mol. The number of hydrogen-bond donors (Lipinski definition) is 4. The molecule has 6 heteroatoms. The fourth-order valence-corrected chi connectivity index (χ4v) is 3.51. The van der Waals surface area contributed by atoms with Crippen molar-refractivity contribution in [3.63, 3.8) is 0 Å². The van der Waals surface area contributed by atoms with Crippen LogP contribution in [0, 0.1) is 5.92 Å². The number of ether oxygens (including phenoxy) is 1. The van der Waals surface area contributed by atoms with Crippen molar-refractivity contribution in [1.82, 2.24) is 0 Å². The lowest BCUT2D eigenvalue weighted by molar-refractivity contribution is -0.140. The average molecular weight is 358 g/mol. The molecular formula is C20H22O6. The van der Waals surface area contributed by atoms with Gasteiger partial charge in [-0.2, -0.15) is 0 Å². The maximum absolute atomic E-state index is 12.8. The molecule has 0 amide bonds. The summed E-state index contributed by atoms with van der Waals surface area (Å²) in [6.07, 6.45) is 2.54. The Balaban J connectivity index is 1.92. The minimum absolute atomic E-state index is 0.0374. The number of phenolic OH excluding ortho intramolecular Hbond substituents is 2. The lowest BCUT2D eigenvalue weighted by Gasteiger charge is -2.41. The van der Waals surface area contributed by atoms with Gasteiger partial charge < -0.3 is 25.2 Å². The zero-order valence-corrected chi connectivity index (χ0v) is 14.5. The van der Waals surface area contributed by atoms with Crippen LogP contribution in [0.15, 0.2) is 54.0 Å². The smallest absolute Gasteiger partial charge is 0.150 e. The predicted molar refractivity (Wildman–Crippen MR) is 94.5 cm³/mol. The third kappa shape index (κ3) is 3.32. The number of carbonyl (C=O) groups is 1. The van der Waals surface area contributed by atoms with Crippen LogP contribution in [-0.4, -0.2) is 31.8 Å².